The van der Waals surface area contributed by atoms with E-state index in [2.05, 4.69) is 10.3 Å². The topological polar surface area (TPSA) is 42.0 Å². The van der Waals surface area contributed by atoms with Crippen molar-refractivity contribution in [1.29, 1.82) is 0 Å². The second-order valence-electron chi connectivity index (χ2n) is 5.50. The number of hydrogen-bond acceptors (Lipinski definition) is 4. The Bertz CT molecular complexity index is 1030. The SMILES string of the molecule is O=C(Nc1nc(-c2ccc(Cl)cc2)c(-c2ccccc2)s1)c1cccs1. The van der Waals surface area contributed by atoms with E-state index in [0.717, 1.165) is 21.7 Å². The van der Waals surface area contributed by atoms with E-state index in [0.29, 0.717) is 15.0 Å². The molecule has 0 spiro atoms. The summed E-state index contributed by atoms with van der Waals surface area (Å²) in [6.45, 7) is 0. The summed E-state index contributed by atoms with van der Waals surface area (Å²) in [7, 11) is 0. The molecule has 0 fully saturated rings. The van der Waals surface area contributed by atoms with Crippen molar-refractivity contribution in [2.75, 3.05) is 5.32 Å². The van der Waals surface area contributed by atoms with Gasteiger partial charge in [-0.05, 0) is 29.1 Å². The van der Waals surface area contributed by atoms with Crippen LogP contribution in [-0.2, 0) is 0 Å². The lowest BCUT2D eigenvalue weighted by Gasteiger charge is -2.02. The standard InChI is InChI=1S/C20H13ClN2OS2/c21-15-10-8-13(9-11-15)17-18(14-5-2-1-3-6-14)26-20(22-17)23-19(24)16-7-4-12-25-16/h1-12H,(H,22,23,24). The molecule has 1 N–H and O–H groups in total. The van der Waals surface area contributed by atoms with Crippen LogP contribution in [0.3, 0.4) is 0 Å². The van der Waals surface area contributed by atoms with Crippen molar-refractivity contribution in [1.82, 2.24) is 4.98 Å². The summed E-state index contributed by atoms with van der Waals surface area (Å²) in [6.07, 6.45) is 0. The lowest BCUT2D eigenvalue weighted by Crippen LogP contribution is -2.09. The zero-order valence-electron chi connectivity index (χ0n) is 13.5. The van der Waals surface area contributed by atoms with Crippen molar-refractivity contribution in [2.24, 2.45) is 0 Å². The number of aromatic nitrogens is 1. The van der Waals surface area contributed by atoms with Gasteiger partial charge in [0.15, 0.2) is 5.13 Å². The van der Waals surface area contributed by atoms with Crippen molar-refractivity contribution in [3.63, 3.8) is 0 Å². The van der Waals surface area contributed by atoms with Gasteiger partial charge in [-0.3, -0.25) is 10.1 Å². The molecule has 2 aromatic carbocycles. The number of thiazole rings is 1. The third-order valence-electron chi connectivity index (χ3n) is 3.75. The van der Waals surface area contributed by atoms with E-state index in [-0.39, 0.29) is 5.91 Å². The molecule has 4 aromatic rings. The number of rotatable bonds is 4. The number of nitrogens with zero attached hydrogens (tertiary/aromatic N) is 1. The Morgan fingerprint density at radius 2 is 1.69 bits per heavy atom. The summed E-state index contributed by atoms with van der Waals surface area (Å²) >= 11 is 8.88. The van der Waals surface area contributed by atoms with Crippen molar-refractivity contribution < 1.29 is 4.79 Å². The number of carbonyl (C=O) groups excluding carboxylic acids is 1. The Morgan fingerprint density at radius 1 is 0.923 bits per heavy atom. The largest absolute Gasteiger partial charge is 0.297 e. The maximum Gasteiger partial charge on any atom is 0.267 e. The first-order chi connectivity index (χ1) is 12.7. The van der Waals surface area contributed by atoms with Crippen molar-refractivity contribution in [3.8, 4) is 21.7 Å². The predicted molar refractivity (Wildman–Crippen MR) is 110 cm³/mol. The average Bonchev–Trinajstić information content (AvgIpc) is 3.33. The van der Waals surface area contributed by atoms with Gasteiger partial charge in [-0.1, -0.05) is 71.5 Å². The summed E-state index contributed by atoms with van der Waals surface area (Å²) in [5.41, 5.74) is 2.85. The normalized spacial score (nSPS) is 10.7. The number of carbonyl (C=O) groups is 1. The van der Waals surface area contributed by atoms with Crippen LogP contribution in [0.15, 0.2) is 72.1 Å². The fourth-order valence-corrected chi connectivity index (χ4v) is 4.26. The zero-order valence-corrected chi connectivity index (χ0v) is 15.9. The van der Waals surface area contributed by atoms with Gasteiger partial charge in [0.05, 0.1) is 15.4 Å². The fourth-order valence-electron chi connectivity index (χ4n) is 2.53. The molecule has 0 atom stereocenters. The van der Waals surface area contributed by atoms with Crippen molar-refractivity contribution >= 4 is 45.3 Å². The smallest absolute Gasteiger partial charge is 0.267 e. The highest BCUT2D eigenvalue weighted by Crippen LogP contribution is 2.39. The summed E-state index contributed by atoms with van der Waals surface area (Å²) in [4.78, 5) is 18.7. The molecule has 0 aliphatic heterocycles. The Morgan fingerprint density at radius 3 is 2.38 bits per heavy atom. The van der Waals surface area contributed by atoms with E-state index < -0.39 is 0 Å². The van der Waals surface area contributed by atoms with Crippen LogP contribution in [-0.4, -0.2) is 10.9 Å². The molecule has 3 nitrogen and oxygen atoms in total. The van der Waals surface area contributed by atoms with Gasteiger partial charge in [-0.25, -0.2) is 4.98 Å². The molecule has 0 saturated heterocycles. The Labute approximate surface area is 163 Å². The van der Waals surface area contributed by atoms with Crippen LogP contribution in [0.25, 0.3) is 21.7 Å². The lowest BCUT2D eigenvalue weighted by atomic mass is 10.1. The van der Waals surface area contributed by atoms with E-state index >= 15 is 0 Å². The van der Waals surface area contributed by atoms with Crippen molar-refractivity contribution in [2.45, 2.75) is 0 Å². The quantitative estimate of drug-likeness (QED) is 0.431. The Kier molecular flexibility index (Phi) is 4.84. The number of thiophene rings is 1. The first-order valence-electron chi connectivity index (χ1n) is 7.88. The Hall–Kier alpha value is -2.47. The highest BCUT2D eigenvalue weighted by Gasteiger charge is 2.17. The molecule has 0 radical (unpaired) electrons. The number of hydrogen-bond donors (Lipinski definition) is 1. The maximum absolute atomic E-state index is 12.4. The maximum atomic E-state index is 12.4. The third-order valence-corrected chi connectivity index (χ3v) is 5.89. The van der Waals surface area contributed by atoms with Crippen LogP contribution in [0.2, 0.25) is 5.02 Å². The monoisotopic (exact) mass is 396 g/mol. The molecule has 0 unspecified atom stereocenters. The molecule has 4 rings (SSSR count). The number of nitrogens with one attached hydrogen (secondary N) is 1. The van der Waals surface area contributed by atoms with Gasteiger partial charge < -0.3 is 0 Å². The average molecular weight is 397 g/mol. The summed E-state index contributed by atoms with van der Waals surface area (Å²) in [5.74, 6) is -0.143. The molecule has 0 saturated carbocycles. The molecule has 1 amide bonds. The highest BCUT2D eigenvalue weighted by atomic mass is 35.5. The van der Waals surface area contributed by atoms with Crippen LogP contribution in [0.5, 0.6) is 0 Å². The summed E-state index contributed by atoms with van der Waals surface area (Å²) < 4.78 is 0. The second-order valence-corrected chi connectivity index (χ2v) is 7.88. The highest BCUT2D eigenvalue weighted by molar-refractivity contribution is 7.19. The zero-order chi connectivity index (χ0) is 17.9. The molecule has 0 aliphatic rings. The molecular weight excluding hydrogens is 384 g/mol. The number of benzene rings is 2. The van der Waals surface area contributed by atoms with Gasteiger partial charge in [0, 0.05) is 10.6 Å². The van der Waals surface area contributed by atoms with E-state index in [1.807, 2.05) is 66.0 Å². The number of amides is 1. The molecule has 0 aliphatic carbocycles. The van der Waals surface area contributed by atoms with Gasteiger partial charge in [0.25, 0.3) is 5.91 Å². The molecule has 0 bridgehead atoms. The minimum Gasteiger partial charge on any atom is -0.297 e. The van der Waals surface area contributed by atoms with E-state index in [9.17, 15) is 4.79 Å². The van der Waals surface area contributed by atoms with Gasteiger partial charge in [0.2, 0.25) is 0 Å². The minimum atomic E-state index is -0.143. The fraction of sp³-hybridized carbons (Fsp3) is 0. The number of anilines is 1. The summed E-state index contributed by atoms with van der Waals surface area (Å²) in [5, 5.41) is 6.04. The van der Waals surface area contributed by atoms with E-state index in [1.165, 1.54) is 22.7 Å². The van der Waals surface area contributed by atoms with Crippen LogP contribution in [0.1, 0.15) is 9.67 Å². The molecule has 6 heteroatoms. The minimum absolute atomic E-state index is 0.143. The predicted octanol–water partition coefficient (Wildman–Crippen LogP) is 6.44. The molecule has 128 valence electrons. The van der Waals surface area contributed by atoms with Crippen LogP contribution >= 0.6 is 34.3 Å². The van der Waals surface area contributed by atoms with Gasteiger partial charge in [-0.2, -0.15) is 0 Å². The first-order valence-corrected chi connectivity index (χ1v) is 9.95. The molecular formula is C20H13ClN2OS2. The van der Waals surface area contributed by atoms with Crippen LogP contribution in [0, 0.1) is 0 Å². The van der Waals surface area contributed by atoms with E-state index in [4.69, 9.17) is 11.6 Å². The number of halogens is 1. The second kappa shape index (κ2) is 7.41. The van der Waals surface area contributed by atoms with Gasteiger partial charge in [0.1, 0.15) is 0 Å². The van der Waals surface area contributed by atoms with Crippen LogP contribution in [0.4, 0.5) is 5.13 Å². The Balaban J connectivity index is 1.75. The van der Waals surface area contributed by atoms with E-state index in [1.54, 1.807) is 6.07 Å². The van der Waals surface area contributed by atoms with Gasteiger partial charge in [-0.15, -0.1) is 11.3 Å². The molecule has 26 heavy (non-hydrogen) atoms. The van der Waals surface area contributed by atoms with Crippen LogP contribution < -0.4 is 5.32 Å². The van der Waals surface area contributed by atoms with Crippen molar-refractivity contribution in [3.05, 3.63) is 82.0 Å². The van der Waals surface area contributed by atoms with Gasteiger partial charge >= 0.3 is 0 Å². The molecule has 2 aromatic heterocycles. The lowest BCUT2D eigenvalue weighted by molar-refractivity contribution is 0.103. The first kappa shape index (κ1) is 17.0. The molecule has 2 heterocycles. The summed E-state index contributed by atoms with van der Waals surface area (Å²) in [6, 6.07) is 21.3. The third kappa shape index (κ3) is 3.55.